The summed E-state index contributed by atoms with van der Waals surface area (Å²) in [5, 5.41) is 5.57. The number of nitrogens with two attached hydrogens (primary N) is 1. The van der Waals surface area contributed by atoms with E-state index in [1.165, 1.54) is 7.11 Å². The van der Waals surface area contributed by atoms with Gasteiger partial charge in [0.05, 0.1) is 7.11 Å². The number of rotatable bonds is 7. The average molecular weight is 399 g/mol. The highest BCUT2D eigenvalue weighted by Crippen LogP contribution is 2.26. The van der Waals surface area contributed by atoms with E-state index in [9.17, 15) is 9.59 Å². The summed E-state index contributed by atoms with van der Waals surface area (Å²) in [6.45, 7) is 0.751. The van der Waals surface area contributed by atoms with Crippen molar-refractivity contribution in [1.29, 1.82) is 0 Å². The Morgan fingerprint density at radius 1 is 1.03 bits per heavy atom. The van der Waals surface area contributed by atoms with Gasteiger partial charge in [-0.2, -0.15) is 0 Å². The lowest BCUT2D eigenvalue weighted by atomic mass is 9.90. The second-order valence-electron chi connectivity index (χ2n) is 6.79. The van der Waals surface area contributed by atoms with E-state index in [4.69, 9.17) is 19.9 Å². The maximum Gasteiger partial charge on any atom is 0.262 e. The van der Waals surface area contributed by atoms with Gasteiger partial charge >= 0.3 is 0 Å². The minimum atomic E-state index is -0.944. The van der Waals surface area contributed by atoms with E-state index in [0.717, 1.165) is 0 Å². The number of hydrogen-bond acceptors (Lipinski definition) is 6. The number of ether oxygens (including phenoxy) is 3. The summed E-state index contributed by atoms with van der Waals surface area (Å²) in [7, 11) is 1.54. The van der Waals surface area contributed by atoms with Gasteiger partial charge in [0.1, 0.15) is 5.54 Å². The normalized spacial score (nSPS) is 15.2. The summed E-state index contributed by atoms with van der Waals surface area (Å²) in [6.07, 6.45) is 0.936. The number of carbonyl (C=O) groups is 2. The van der Waals surface area contributed by atoms with Crippen LogP contribution >= 0.6 is 0 Å². The van der Waals surface area contributed by atoms with Gasteiger partial charge in [0.2, 0.25) is 5.91 Å². The SMILES string of the molecule is COc1ccccc1OCC(=O)Nc1cccc(NC(=O)C2(N)CCOCC2)c1. The monoisotopic (exact) mass is 399 g/mol. The van der Waals surface area contributed by atoms with E-state index in [1.807, 2.05) is 6.07 Å². The zero-order valence-corrected chi connectivity index (χ0v) is 16.3. The number of amides is 2. The lowest BCUT2D eigenvalue weighted by molar-refractivity contribution is -0.124. The first-order chi connectivity index (χ1) is 14.0. The van der Waals surface area contributed by atoms with Gasteiger partial charge < -0.3 is 30.6 Å². The van der Waals surface area contributed by atoms with Gasteiger partial charge in [-0.1, -0.05) is 18.2 Å². The predicted octanol–water partition coefficient (Wildman–Crippen LogP) is 2.16. The molecular formula is C21H25N3O5. The van der Waals surface area contributed by atoms with Crippen molar-refractivity contribution in [3.63, 3.8) is 0 Å². The highest BCUT2D eigenvalue weighted by atomic mass is 16.5. The van der Waals surface area contributed by atoms with E-state index >= 15 is 0 Å². The second kappa shape index (κ2) is 9.40. The van der Waals surface area contributed by atoms with Crippen LogP contribution in [-0.4, -0.2) is 44.3 Å². The Kier molecular flexibility index (Phi) is 6.69. The first kappa shape index (κ1) is 20.6. The molecule has 2 amide bonds. The Labute approximate surface area is 169 Å². The molecule has 0 radical (unpaired) electrons. The summed E-state index contributed by atoms with van der Waals surface area (Å²) < 4.78 is 16.0. The van der Waals surface area contributed by atoms with Crippen LogP contribution in [0.3, 0.4) is 0 Å². The van der Waals surface area contributed by atoms with Crippen LogP contribution in [0, 0.1) is 0 Å². The molecule has 2 aromatic carbocycles. The molecule has 4 N–H and O–H groups in total. The van der Waals surface area contributed by atoms with Crippen LogP contribution in [0.15, 0.2) is 48.5 Å². The van der Waals surface area contributed by atoms with Gasteiger partial charge in [0.15, 0.2) is 18.1 Å². The van der Waals surface area contributed by atoms with Crippen LogP contribution in [0.1, 0.15) is 12.8 Å². The molecule has 8 heteroatoms. The Bertz CT molecular complexity index is 865. The minimum absolute atomic E-state index is 0.178. The van der Waals surface area contributed by atoms with Gasteiger partial charge in [0, 0.05) is 24.6 Å². The van der Waals surface area contributed by atoms with Crippen molar-refractivity contribution < 1.29 is 23.8 Å². The number of hydrogen-bond donors (Lipinski definition) is 3. The highest BCUT2D eigenvalue weighted by Gasteiger charge is 2.35. The standard InChI is InChI=1S/C21H25N3O5/c1-27-17-7-2-3-8-18(17)29-14-19(25)23-15-5-4-6-16(13-15)24-20(26)21(22)9-11-28-12-10-21/h2-8,13H,9-12,14,22H2,1H3,(H,23,25)(H,24,26). The molecule has 0 saturated carbocycles. The van der Waals surface area contributed by atoms with Crippen LogP contribution in [0.25, 0.3) is 0 Å². The van der Waals surface area contributed by atoms with Gasteiger partial charge in [-0.25, -0.2) is 0 Å². The lowest BCUT2D eigenvalue weighted by Crippen LogP contribution is -2.54. The number of nitrogens with one attached hydrogen (secondary N) is 2. The fourth-order valence-electron chi connectivity index (χ4n) is 2.97. The molecule has 3 rings (SSSR count). The first-order valence-electron chi connectivity index (χ1n) is 9.34. The fraction of sp³-hybridized carbons (Fsp3) is 0.333. The van der Waals surface area contributed by atoms with Crippen LogP contribution in [0.2, 0.25) is 0 Å². The van der Waals surface area contributed by atoms with E-state index in [-0.39, 0.29) is 18.4 Å². The molecule has 1 saturated heterocycles. The largest absolute Gasteiger partial charge is 0.493 e. The van der Waals surface area contributed by atoms with E-state index in [2.05, 4.69) is 10.6 Å². The Balaban J connectivity index is 1.56. The molecule has 0 aromatic heterocycles. The molecule has 1 fully saturated rings. The third-order valence-corrected chi connectivity index (χ3v) is 4.67. The number of anilines is 2. The zero-order valence-electron chi connectivity index (χ0n) is 16.3. The molecule has 1 aliphatic rings. The van der Waals surface area contributed by atoms with Crippen LogP contribution in [-0.2, 0) is 14.3 Å². The predicted molar refractivity (Wildman–Crippen MR) is 109 cm³/mol. The fourth-order valence-corrected chi connectivity index (χ4v) is 2.97. The summed E-state index contributed by atoms with van der Waals surface area (Å²) >= 11 is 0. The number of para-hydroxylation sites is 2. The van der Waals surface area contributed by atoms with Gasteiger partial charge in [-0.3, -0.25) is 9.59 Å². The lowest BCUT2D eigenvalue weighted by Gasteiger charge is -2.31. The number of methoxy groups -OCH3 is 1. The first-order valence-corrected chi connectivity index (χ1v) is 9.34. The Morgan fingerprint density at radius 2 is 1.69 bits per heavy atom. The molecule has 1 aliphatic heterocycles. The van der Waals surface area contributed by atoms with Crippen molar-refractivity contribution in [3.05, 3.63) is 48.5 Å². The van der Waals surface area contributed by atoms with E-state index < -0.39 is 5.54 Å². The molecular weight excluding hydrogens is 374 g/mol. The summed E-state index contributed by atoms with van der Waals surface area (Å²) in [6, 6.07) is 14.0. The summed E-state index contributed by atoms with van der Waals surface area (Å²) in [5.41, 5.74) is 6.34. The van der Waals surface area contributed by atoms with E-state index in [0.29, 0.717) is 48.9 Å². The van der Waals surface area contributed by atoms with Crippen molar-refractivity contribution in [1.82, 2.24) is 0 Å². The highest BCUT2D eigenvalue weighted by molar-refractivity contribution is 5.99. The molecule has 8 nitrogen and oxygen atoms in total. The topological polar surface area (TPSA) is 112 Å². The molecule has 0 unspecified atom stereocenters. The minimum Gasteiger partial charge on any atom is -0.493 e. The van der Waals surface area contributed by atoms with E-state index in [1.54, 1.807) is 42.5 Å². The van der Waals surface area contributed by atoms with Crippen LogP contribution in [0.5, 0.6) is 11.5 Å². The maximum absolute atomic E-state index is 12.5. The Hall–Kier alpha value is -3.10. The maximum atomic E-state index is 12.5. The smallest absolute Gasteiger partial charge is 0.262 e. The van der Waals surface area contributed by atoms with Crippen molar-refractivity contribution in [2.24, 2.45) is 5.73 Å². The molecule has 0 spiro atoms. The van der Waals surface area contributed by atoms with Crippen LogP contribution in [0.4, 0.5) is 11.4 Å². The molecule has 154 valence electrons. The molecule has 0 bridgehead atoms. The van der Waals surface area contributed by atoms with Crippen molar-refractivity contribution >= 4 is 23.2 Å². The van der Waals surface area contributed by atoms with Gasteiger partial charge in [-0.05, 0) is 43.2 Å². The van der Waals surface area contributed by atoms with Gasteiger partial charge in [-0.15, -0.1) is 0 Å². The zero-order chi connectivity index (χ0) is 20.7. The van der Waals surface area contributed by atoms with Crippen molar-refractivity contribution in [3.8, 4) is 11.5 Å². The average Bonchev–Trinajstić information content (AvgIpc) is 2.73. The molecule has 2 aromatic rings. The third-order valence-electron chi connectivity index (χ3n) is 4.67. The van der Waals surface area contributed by atoms with Crippen molar-refractivity contribution in [2.45, 2.75) is 18.4 Å². The Morgan fingerprint density at radius 3 is 2.38 bits per heavy atom. The molecule has 0 atom stereocenters. The van der Waals surface area contributed by atoms with Gasteiger partial charge in [0.25, 0.3) is 5.91 Å². The van der Waals surface area contributed by atoms with Crippen molar-refractivity contribution in [2.75, 3.05) is 37.6 Å². The second-order valence-corrected chi connectivity index (χ2v) is 6.79. The summed E-state index contributed by atoms with van der Waals surface area (Å²) in [4.78, 5) is 24.8. The van der Waals surface area contributed by atoms with Crippen LogP contribution < -0.4 is 25.8 Å². The summed E-state index contributed by atoms with van der Waals surface area (Å²) in [5.74, 6) is 0.438. The molecule has 0 aliphatic carbocycles. The number of benzene rings is 2. The quantitative estimate of drug-likeness (QED) is 0.658. The molecule has 1 heterocycles. The molecule has 29 heavy (non-hydrogen) atoms. The third kappa shape index (κ3) is 5.46. The number of carbonyl (C=O) groups excluding carboxylic acids is 2.